The van der Waals surface area contributed by atoms with Crippen molar-refractivity contribution in [3.05, 3.63) is 125 Å². The number of imidazole rings is 1. The number of halogens is 1. The van der Waals surface area contributed by atoms with Crippen molar-refractivity contribution < 1.29 is 4.79 Å². The highest BCUT2D eigenvalue weighted by atomic mass is 35.5. The van der Waals surface area contributed by atoms with Crippen molar-refractivity contribution in [1.29, 1.82) is 10.5 Å². The van der Waals surface area contributed by atoms with Crippen molar-refractivity contribution in [1.82, 2.24) is 20.2 Å². The molecule has 2 N–H and O–H groups in total. The van der Waals surface area contributed by atoms with Crippen molar-refractivity contribution in [3.63, 3.8) is 0 Å². The van der Waals surface area contributed by atoms with E-state index in [4.69, 9.17) is 10.2 Å². The number of rotatable bonds is 8. The van der Waals surface area contributed by atoms with Crippen LogP contribution < -0.4 is 10.6 Å². The maximum Gasteiger partial charge on any atom is 0.238 e. The number of carbonyl (C=O) groups is 1. The number of aromatic nitrogens is 2. The summed E-state index contributed by atoms with van der Waals surface area (Å²) in [4.78, 5) is 19.4. The Morgan fingerprint density at radius 1 is 0.925 bits per heavy atom. The molecule has 0 saturated carbocycles. The standard InChI is InChI=1S/C32H30N6O.ClH/c33-20-24-6-10-26(11-7-24)22-37-31(39)32(28-4-2-1-3-5-28,29-14-16-35-17-15-29)30-36-18-19-38(30)23-27-12-8-25(21-34)9-13-27;/h1-13,18-19,29,35H,14-17,22-23H2,(H,37,39);1H. The molecule has 1 amide bonds. The number of hydrogen-bond acceptors (Lipinski definition) is 5. The van der Waals surface area contributed by atoms with Gasteiger partial charge in [-0.3, -0.25) is 4.79 Å². The first-order valence-corrected chi connectivity index (χ1v) is 13.2. The highest BCUT2D eigenvalue weighted by Gasteiger charge is 2.51. The lowest BCUT2D eigenvalue weighted by Gasteiger charge is -2.41. The first-order valence-electron chi connectivity index (χ1n) is 13.2. The molecule has 1 saturated heterocycles. The third-order valence-corrected chi connectivity index (χ3v) is 7.58. The van der Waals surface area contributed by atoms with E-state index in [0.717, 1.165) is 42.6 Å². The van der Waals surface area contributed by atoms with Crippen LogP contribution in [0.15, 0.2) is 91.3 Å². The number of carbonyl (C=O) groups excluding carboxylic acids is 1. The second kappa shape index (κ2) is 13.1. The van der Waals surface area contributed by atoms with Gasteiger partial charge < -0.3 is 15.2 Å². The van der Waals surface area contributed by atoms with E-state index in [1.807, 2.05) is 72.9 Å². The topological polar surface area (TPSA) is 107 Å². The Bertz CT molecular complexity index is 1500. The molecule has 1 aliphatic rings. The Morgan fingerprint density at radius 2 is 1.52 bits per heavy atom. The van der Waals surface area contributed by atoms with Gasteiger partial charge in [-0.05, 0) is 72.8 Å². The van der Waals surface area contributed by atoms with E-state index in [1.165, 1.54) is 0 Å². The van der Waals surface area contributed by atoms with Crippen LogP contribution in [0.4, 0.5) is 0 Å². The minimum Gasteiger partial charge on any atom is -0.351 e. The monoisotopic (exact) mass is 550 g/mol. The highest BCUT2D eigenvalue weighted by Crippen LogP contribution is 2.43. The van der Waals surface area contributed by atoms with Gasteiger partial charge in [0.2, 0.25) is 5.91 Å². The zero-order valence-electron chi connectivity index (χ0n) is 22.1. The Kier molecular flexibility index (Phi) is 9.35. The average molecular weight is 551 g/mol. The highest BCUT2D eigenvalue weighted by molar-refractivity contribution is 5.91. The van der Waals surface area contributed by atoms with Crippen LogP contribution in [0.25, 0.3) is 0 Å². The van der Waals surface area contributed by atoms with Crippen LogP contribution in [0.1, 0.15) is 46.5 Å². The van der Waals surface area contributed by atoms with Crippen molar-refractivity contribution in [2.45, 2.75) is 31.3 Å². The van der Waals surface area contributed by atoms with Gasteiger partial charge in [0.25, 0.3) is 0 Å². The number of benzene rings is 3. The minimum absolute atomic E-state index is 0. The van der Waals surface area contributed by atoms with E-state index in [1.54, 1.807) is 18.3 Å². The molecule has 3 aromatic carbocycles. The smallest absolute Gasteiger partial charge is 0.238 e. The molecule has 4 aromatic rings. The predicted molar refractivity (Wildman–Crippen MR) is 156 cm³/mol. The molecule has 1 unspecified atom stereocenters. The van der Waals surface area contributed by atoms with Gasteiger partial charge in [-0.1, -0.05) is 54.6 Å². The molecule has 0 aliphatic carbocycles. The molecule has 1 aromatic heterocycles. The normalized spacial score (nSPS) is 14.7. The molecular weight excluding hydrogens is 520 g/mol. The van der Waals surface area contributed by atoms with E-state index in [2.05, 4.69) is 27.3 Å². The van der Waals surface area contributed by atoms with Crippen molar-refractivity contribution in [2.75, 3.05) is 13.1 Å². The maximum absolute atomic E-state index is 14.6. The first-order chi connectivity index (χ1) is 19.1. The molecule has 2 heterocycles. The number of hydrogen-bond donors (Lipinski definition) is 2. The van der Waals surface area contributed by atoms with E-state index < -0.39 is 5.41 Å². The Labute approximate surface area is 240 Å². The molecule has 1 atom stereocenters. The second-order valence-corrected chi connectivity index (χ2v) is 9.88. The van der Waals surface area contributed by atoms with Crippen LogP contribution in [0, 0.1) is 28.6 Å². The molecule has 7 nitrogen and oxygen atoms in total. The van der Waals surface area contributed by atoms with Crippen molar-refractivity contribution >= 4 is 18.3 Å². The zero-order chi connectivity index (χ0) is 27.1. The summed E-state index contributed by atoms with van der Waals surface area (Å²) in [6, 6.07) is 29.1. The van der Waals surface area contributed by atoms with Gasteiger partial charge >= 0.3 is 0 Å². The molecule has 0 spiro atoms. The van der Waals surface area contributed by atoms with Crippen LogP contribution in [-0.4, -0.2) is 28.5 Å². The number of piperidine rings is 1. The fourth-order valence-corrected chi connectivity index (χ4v) is 5.61. The Morgan fingerprint density at radius 3 is 2.12 bits per heavy atom. The van der Waals surface area contributed by atoms with E-state index in [-0.39, 0.29) is 24.2 Å². The van der Waals surface area contributed by atoms with Crippen LogP contribution >= 0.6 is 12.4 Å². The fraction of sp³-hybridized carbons (Fsp3) is 0.250. The van der Waals surface area contributed by atoms with E-state index in [0.29, 0.717) is 30.0 Å². The summed E-state index contributed by atoms with van der Waals surface area (Å²) in [5.41, 5.74) is 3.06. The predicted octanol–water partition coefficient (Wildman–Crippen LogP) is 4.70. The number of amides is 1. The summed E-state index contributed by atoms with van der Waals surface area (Å²) >= 11 is 0. The Hall–Kier alpha value is -4.43. The van der Waals surface area contributed by atoms with Gasteiger partial charge in [0.15, 0.2) is 0 Å². The summed E-state index contributed by atoms with van der Waals surface area (Å²) in [5.74, 6) is 0.656. The van der Waals surface area contributed by atoms with Crippen molar-refractivity contribution in [2.24, 2.45) is 5.92 Å². The lowest BCUT2D eigenvalue weighted by atomic mass is 9.65. The zero-order valence-corrected chi connectivity index (χ0v) is 22.9. The Balaban J connectivity index is 0.00000370. The molecule has 40 heavy (non-hydrogen) atoms. The number of nitriles is 2. The molecular formula is C32H31ClN6O. The van der Waals surface area contributed by atoms with Gasteiger partial charge in [0.05, 0.1) is 23.3 Å². The lowest BCUT2D eigenvalue weighted by Crippen LogP contribution is -2.54. The van der Waals surface area contributed by atoms with E-state index in [9.17, 15) is 10.1 Å². The quantitative estimate of drug-likeness (QED) is 0.331. The van der Waals surface area contributed by atoms with Gasteiger partial charge in [0.1, 0.15) is 11.2 Å². The number of nitrogens with zero attached hydrogens (tertiary/aromatic N) is 4. The average Bonchev–Trinajstić information content (AvgIpc) is 3.46. The maximum atomic E-state index is 14.6. The summed E-state index contributed by atoms with van der Waals surface area (Å²) < 4.78 is 2.07. The molecule has 1 aliphatic heterocycles. The third kappa shape index (κ3) is 5.77. The largest absolute Gasteiger partial charge is 0.351 e. The fourth-order valence-electron chi connectivity index (χ4n) is 5.61. The SMILES string of the molecule is Cl.N#Cc1ccc(CNC(=O)C(c2ccccc2)(c2nccn2Cc2ccc(C#N)cc2)C2CCNCC2)cc1. The van der Waals surface area contributed by atoms with Crippen LogP contribution in [0.5, 0.6) is 0 Å². The summed E-state index contributed by atoms with van der Waals surface area (Å²) in [7, 11) is 0. The molecule has 202 valence electrons. The van der Waals surface area contributed by atoms with Gasteiger partial charge in [-0.2, -0.15) is 10.5 Å². The molecule has 8 heteroatoms. The first kappa shape index (κ1) is 28.6. The number of nitrogens with one attached hydrogen (secondary N) is 2. The van der Waals surface area contributed by atoms with Gasteiger partial charge in [-0.15, -0.1) is 12.4 Å². The minimum atomic E-state index is -1.01. The second-order valence-electron chi connectivity index (χ2n) is 9.88. The summed E-state index contributed by atoms with van der Waals surface area (Å²) in [6.07, 6.45) is 5.37. The van der Waals surface area contributed by atoms with Gasteiger partial charge in [0, 0.05) is 25.5 Å². The summed E-state index contributed by atoms with van der Waals surface area (Å²) in [6.45, 7) is 2.54. The van der Waals surface area contributed by atoms with E-state index >= 15 is 0 Å². The van der Waals surface area contributed by atoms with Crippen LogP contribution in [0.2, 0.25) is 0 Å². The van der Waals surface area contributed by atoms with Crippen LogP contribution in [-0.2, 0) is 23.3 Å². The lowest BCUT2D eigenvalue weighted by molar-refractivity contribution is -0.128. The molecule has 0 radical (unpaired) electrons. The van der Waals surface area contributed by atoms with Crippen LogP contribution in [0.3, 0.4) is 0 Å². The van der Waals surface area contributed by atoms with Gasteiger partial charge in [-0.25, -0.2) is 4.98 Å². The molecule has 1 fully saturated rings. The molecule has 5 rings (SSSR count). The molecule has 0 bridgehead atoms. The third-order valence-electron chi connectivity index (χ3n) is 7.58. The van der Waals surface area contributed by atoms with Crippen molar-refractivity contribution in [3.8, 4) is 12.1 Å². The summed E-state index contributed by atoms with van der Waals surface area (Å²) in [5, 5.41) is 25.0.